The Balaban J connectivity index is 1.97. The molecule has 2 aliphatic heterocycles. The summed E-state index contributed by atoms with van der Waals surface area (Å²) in [6.45, 7) is 3.91. The molecule has 0 aromatic rings. The number of likely N-dealkylation sites (tertiary alicyclic amines) is 1. The van der Waals surface area contributed by atoms with Gasteiger partial charge < -0.3 is 24.7 Å². The summed E-state index contributed by atoms with van der Waals surface area (Å²) in [5.74, 6) is -0.931. The van der Waals surface area contributed by atoms with E-state index in [0.29, 0.717) is 39.1 Å². The zero-order valence-corrected chi connectivity index (χ0v) is 11.7. The summed E-state index contributed by atoms with van der Waals surface area (Å²) in [4.78, 5) is 26.6. The van der Waals surface area contributed by atoms with Crippen LogP contribution in [0.3, 0.4) is 0 Å². The third kappa shape index (κ3) is 3.61. The van der Waals surface area contributed by atoms with Gasteiger partial charge in [-0.3, -0.25) is 4.79 Å². The molecule has 0 bridgehead atoms. The smallest absolute Gasteiger partial charge is 0.320 e. The molecule has 2 aliphatic rings. The fourth-order valence-corrected chi connectivity index (χ4v) is 2.64. The van der Waals surface area contributed by atoms with Gasteiger partial charge in [-0.2, -0.15) is 0 Å². The number of carbonyl (C=O) groups excluding carboxylic acids is 1. The average Bonchev–Trinajstić information content (AvgIpc) is 2.38. The molecule has 2 heterocycles. The SMILES string of the molecule is CC1(O)CCN(C(=O)N2CCOCC2CC(=O)O)CC1. The largest absolute Gasteiger partial charge is 0.481 e. The lowest BCUT2D eigenvalue weighted by molar-refractivity contribution is -0.139. The molecule has 0 aromatic carbocycles. The van der Waals surface area contributed by atoms with Gasteiger partial charge in [-0.15, -0.1) is 0 Å². The molecule has 2 rings (SSSR count). The standard InChI is InChI=1S/C13H22N2O5/c1-13(19)2-4-14(5-3-13)12(18)15-6-7-20-9-10(15)8-11(16)17/h10,19H,2-9H2,1H3,(H,16,17). The van der Waals surface area contributed by atoms with Gasteiger partial charge in [0.1, 0.15) is 0 Å². The lowest BCUT2D eigenvalue weighted by atomic mass is 9.94. The number of urea groups is 1. The number of hydrogen-bond acceptors (Lipinski definition) is 4. The number of nitrogens with zero attached hydrogens (tertiary/aromatic N) is 2. The Morgan fingerprint density at radius 1 is 1.30 bits per heavy atom. The number of aliphatic carboxylic acids is 1. The minimum atomic E-state index is -0.931. The summed E-state index contributed by atoms with van der Waals surface area (Å²) >= 11 is 0. The first-order valence-corrected chi connectivity index (χ1v) is 6.96. The molecule has 0 radical (unpaired) electrons. The van der Waals surface area contributed by atoms with Crippen molar-refractivity contribution in [2.45, 2.75) is 37.8 Å². The first-order valence-electron chi connectivity index (χ1n) is 6.96. The number of hydrogen-bond donors (Lipinski definition) is 2. The van der Waals surface area contributed by atoms with Crippen molar-refractivity contribution in [3.8, 4) is 0 Å². The van der Waals surface area contributed by atoms with Crippen LogP contribution in [0.5, 0.6) is 0 Å². The highest BCUT2D eigenvalue weighted by Gasteiger charge is 2.35. The molecule has 20 heavy (non-hydrogen) atoms. The highest BCUT2D eigenvalue weighted by atomic mass is 16.5. The molecule has 0 saturated carbocycles. The number of piperidine rings is 1. The van der Waals surface area contributed by atoms with E-state index in [1.807, 2.05) is 0 Å². The maximum atomic E-state index is 12.5. The van der Waals surface area contributed by atoms with Crippen LogP contribution in [0.4, 0.5) is 4.79 Å². The summed E-state index contributed by atoms with van der Waals surface area (Å²) in [6.07, 6.45) is 0.997. The van der Waals surface area contributed by atoms with Crippen molar-refractivity contribution in [1.29, 1.82) is 0 Å². The molecule has 114 valence electrons. The van der Waals surface area contributed by atoms with Gasteiger partial charge in [0.15, 0.2) is 0 Å². The summed E-state index contributed by atoms with van der Waals surface area (Å²) < 4.78 is 5.27. The van der Waals surface area contributed by atoms with Crippen LogP contribution in [0.1, 0.15) is 26.2 Å². The molecule has 0 aliphatic carbocycles. The van der Waals surface area contributed by atoms with Crippen molar-refractivity contribution in [1.82, 2.24) is 9.80 Å². The molecule has 2 N–H and O–H groups in total. The van der Waals surface area contributed by atoms with Gasteiger partial charge in [0.05, 0.1) is 31.3 Å². The molecule has 7 heteroatoms. The molecule has 2 fully saturated rings. The molecule has 0 aromatic heterocycles. The van der Waals surface area contributed by atoms with E-state index in [1.54, 1.807) is 16.7 Å². The number of carboxylic acids is 1. The van der Waals surface area contributed by atoms with Crippen LogP contribution in [0, 0.1) is 0 Å². The van der Waals surface area contributed by atoms with Crippen LogP contribution in [-0.2, 0) is 9.53 Å². The molecule has 0 spiro atoms. The second-order valence-corrected chi connectivity index (χ2v) is 5.79. The fourth-order valence-electron chi connectivity index (χ4n) is 2.64. The van der Waals surface area contributed by atoms with Gasteiger partial charge in [-0.05, 0) is 19.8 Å². The summed E-state index contributed by atoms with van der Waals surface area (Å²) in [6, 6.07) is -0.550. The monoisotopic (exact) mass is 286 g/mol. The Kier molecular flexibility index (Phi) is 4.49. The molecule has 1 atom stereocenters. The van der Waals surface area contributed by atoms with Crippen LogP contribution in [0.25, 0.3) is 0 Å². The number of aliphatic hydroxyl groups is 1. The first kappa shape index (κ1) is 15.1. The molecule has 7 nitrogen and oxygen atoms in total. The summed E-state index contributed by atoms with van der Waals surface area (Å²) in [7, 11) is 0. The third-order valence-corrected chi connectivity index (χ3v) is 3.99. The lowest BCUT2D eigenvalue weighted by Crippen LogP contribution is -2.56. The predicted molar refractivity (Wildman–Crippen MR) is 70.4 cm³/mol. The van der Waals surface area contributed by atoms with E-state index in [-0.39, 0.29) is 19.1 Å². The second-order valence-electron chi connectivity index (χ2n) is 5.79. The van der Waals surface area contributed by atoms with Crippen LogP contribution >= 0.6 is 0 Å². The van der Waals surface area contributed by atoms with Gasteiger partial charge in [-0.25, -0.2) is 4.79 Å². The number of carbonyl (C=O) groups is 2. The van der Waals surface area contributed by atoms with E-state index in [9.17, 15) is 14.7 Å². The highest BCUT2D eigenvalue weighted by molar-refractivity contribution is 5.76. The summed E-state index contributed by atoms with van der Waals surface area (Å²) in [5, 5.41) is 18.8. The van der Waals surface area contributed by atoms with E-state index in [1.165, 1.54) is 0 Å². The van der Waals surface area contributed by atoms with Gasteiger partial charge in [0, 0.05) is 19.6 Å². The van der Waals surface area contributed by atoms with Crippen LogP contribution in [0.2, 0.25) is 0 Å². The highest BCUT2D eigenvalue weighted by Crippen LogP contribution is 2.23. The molecular formula is C13H22N2O5. The van der Waals surface area contributed by atoms with Crippen molar-refractivity contribution in [3.63, 3.8) is 0 Å². The minimum absolute atomic E-state index is 0.0999. The minimum Gasteiger partial charge on any atom is -0.481 e. The third-order valence-electron chi connectivity index (χ3n) is 3.99. The van der Waals surface area contributed by atoms with Crippen molar-refractivity contribution in [2.75, 3.05) is 32.8 Å². The van der Waals surface area contributed by atoms with Gasteiger partial charge >= 0.3 is 12.0 Å². The van der Waals surface area contributed by atoms with Crippen molar-refractivity contribution in [2.24, 2.45) is 0 Å². The van der Waals surface area contributed by atoms with E-state index in [2.05, 4.69) is 0 Å². The van der Waals surface area contributed by atoms with Crippen molar-refractivity contribution < 1.29 is 24.5 Å². The number of ether oxygens (including phenoxy) is 1. The molecule has 2 amide bonds. The number of carboxylic acid groups (broad SMARTS) is 1. The normalized spacial score (nSPS) is 26.4. The Bertz CT molecular complexity index is 375. The van der Waals surface area contributed by atoms with Gasteiger partial charge in [0.25, 0.3) is 0 Å². The van der Waals surface area contributed by atoms with Crippen molar-refractivity contribution >= 4 is 12.0 Å². The number of morpholine rings is 1. The number of rotatable bonds is 2. The van der Waals surface area contributed by atoms with Crippen molar-refractivity contribution in [3.05, 3.63) is 0 Å². The molecule has 2 saturated heterocycles. The lowest BCUT2D eigenvalue weighted by Gasteiger charge is -2.42. The number of amides is 2. The fraction of sp³-hybridized carbons (Fsp3) is 0.846. The quantitative estimate of drug-likeness (QED) is 0.753. The van der Waals surface area contributed by atoms with Crippen LogP contribution in [-0.4, -0.2) is 76.5 Å². The predicted octanol–water partition coefficient (Wildman–Crippen LogP) is 0.129. The maximum absolute atomic E-state index is 12.5. The summed E-state index contributed by atoms with van der Waals surface area (Å²) in [5.41, 5.74) is -0.706. The van der Waals surface area contributed by atoms with E-state index in [0.717, 1.165) is 0 Å². The average molecular weight is 286 g/mol. The maximum Gasteiger partial charge on any atom is 0.320 e. The van der Waals surface area contributed by atoms with E-state index in [4.69, 9.17) is 9.84 Å². The Morgan fingerprint density at radius 2 is 1.95 bits per heavy atom. The molecule has 1 unspecified atom stereocenters. The molecular weight excluding hydrogens is 264 g/mol. The zero-order valence-electron chi connectivity index (χ0n) is 11.7. The van der Waals surface area contributed by atoms with E-state index >= 15 is 0 Å². The Morgan fingerprint density at radius 3 is 2.55 bits per heavy atom. The van der Waals surface area contributed by atoms with Gasteiger partial charge in [0.2, 0.25) is 0 Å². The van der Waals surface area contributed by atoms with E-state index < -0.39 is 17.6 Å². The van der Waals surface area contributed by atoms with Gasteiger partial charge in [-0.1, -0.05) is 0 Å². The Hall–Kier alpha value is -1.34. The first-order chi connectivity index (χ1) is 9.39. The Labute approximate surface area is 118 Å². The van der Waals surface area contributed by atoms with Crippen LogP contribution in [0.15, 0.2) is 0 Å². The second kappa shape index (κ2) is 5.97. The topological polar surface area (TPSA) is 90.3 Å². The zero-order chi connectivity index (χ0) is 14.8. The van der Waals surface area contributed by atoms with Crippen LogP contribution < -0.4 is 0 Å².